The van der Waals surface area contributed by atoms with Crippen molar-refractivity contribution in [3.8, 4) is 17.4 Å². The molecule has 0 bridgehead atoms. The monoisotopic (exact) mass is 306 g/mol. The molecule has 0 radical (unpaired) electrons. The van der Waals surface area contributed by atoms with Crippen LogP contribution in [0.4, 0.5) is 0 Å². The molecule has 1 N–H and O–H groups in total. The summed E-state index contributed by atoms with van der Waals surface area (Å²) in [5.41, 5.74) is 1.87. The van der Waals surface area contributed by atoms with Crippen LogP contribution >= 0.6 is 11.6 Å². The number of hydrogen-bond donors (Lipinski definition) is 1. The van der Waals surface area contributed by atoms with E-state index in [9.17, 15) is 0 Å². The van der Waals surface area contributed by atoms with Gasteiger partial charge in [-0.1, -0.05) is 24.6 Å². The van der Waals surface area contributed by atoms with Crippen LogP contribution in [0.5, 0.6) is 17.4 Å². The summed E-state index contributed by atoms with van der Waals surface area (Å²) in [6, 6.07) is 9.29. The molecule has 1 heterocycles. The lowest BCUT2D eigenvalue weighted by atomic mass is 10.2. The van der Waals surface area contributed by atoms with Crippen molar-refractivity contribution in [3.63, 3.8) is 0 Å². The summed E-state index contributed by atoms with van der Waals surface area (Å²) in [4.78, 5) is 4.43. The minimum absolute atomic E-state index is 0.495. The minimum atomic E-state index is 0.495. The normalized spacial score (nSPS) is 10.5. The molecule has 0 amide bonds. The highest BCUT2D eigenvalue weighted by molar-refractivity contribution is 6.31. The van der Waals surface area contributed by atoms with E-state index in [4.69, 9.17) is 21.1 Å². The Hall–Kier alpha value is -1.78. The van der Waals surface area contributed by atoms with Crippen LogP contribution < -0.4 is 14.8 Å². The molecule has 21 heavy (non-hydrogen) atoms. The lowest BCUT2D eigenvalue weighted by Gasteiger charge is -2.12. The van der Waals surface area contributed by atoms with Gasteiger partial charge in [0.2, 0.25) is 5.88 Å². The Morgan fingerprint density at radius 3 is 2.71 bits per heavy atom. The number of rotatable bonds is 6. The average molecular weight is 307 g/mol. The predicted octanol–water partition coefficient (Wildman–Crippen LogP) is 3.95. The molecule has 0 fully saturated rings. The Morgan fingerprint density at radius 2 is 2.00 bits per heavy atom. The molecule has 5 heteroatoms. The van der Waals surface area contributed by atoms with Gasteiger partial charge >= 0.3 is 0 Å². The van der Waals surface area contributed by atoms with Crippen molar-refractivity contribution in [2.24, 2.45) is 0 Å². The second-order valence-corrected chi connectivity index (χ2v) is 5.02. The number of aryl methyl sites for hydroxylation is 1. The van der Waals surface area contributed by atoms with Gasteiger partial charge in [0.15, 0.2) is 11.5 Å². The van der Waals surface area contributed by atoms with Gasteiger partial charge in [-0.05, 0) is 37.2 Å². The van der Waals surface area contributed by atoms with E-state index in [1.54, 1.807) is 19.2 Å². The van der Waals surface area contributed by atoms with E-state index < -0.39 is 0 Å². The van der Waals surface area contributed by atoms with E-state index in [1.807, 2.05) is 32.0 Å². The fourth-order valence-corrected chi connectivity index (χ4v) is 2.03. The standard InChI is InChI=1S/C16H19ClN2O2/c1-4-18-10-13-12(17)6-8-16(19-13)21-14-7-5-11(2)9-15(14)20-3/h5-9,18H,4,10H2,1-3H3. The predicted molar refractivity (Wildman–Crippen MR) is 84.4 cm³/mol. The summed E-state index contributed by atoms with van der Waals surface area (Å²) in [6.07, 6.45) is 0. The number of aromatic nitrogens is 1. The van der Waals surface area contributed by atoms with E-state index >= 15 is 0 Å². The minimum Gasteiger partial charge on any atom is -0.493 e. The van der Waals surface area contributed by atoms with Crippen molar-refractivity contribution < 1.29 is 9.47 Å². The molecule has 0 unspecified atom stereocenters. The highest BCUT2D eigenvalue weighted by atomic mass is 35.5. The third-order valence-corrected chi connectivity index (χ3v) is 3.31. The first-order chi connectivity index (χ1) is 10.1. The first-order valence-corrected chi connectivity index (χ1v) is 7.20. The van der Waals surface area contributed by atoms with Gasteiger partial charge in [0, 0.05) is 12.6 Å². The third kappa shape index (κ3) is 4.09. The highest BCUT2D eigenvalue weighted by Gasteiger charge is 2.09. The van der Waals surface area contributed by atoms with Gasteiger partial charge in [0.25, 0.3) is 0 Å². The zero-order valence-electron chi connectivity index (χ0n) is 12.4. The second-order valence-electron chi connectivity index (χ2n) is 4.61. The molecular formula is C16H19ClN2O2. The van der Waals surface area contributed by atoms with Crippen LogP contribution in [0, 0.1) is 6.92 Å². The summed E-state index contributed by atoms with van der Waals surface area (Å²) in [5, 5.41) is 3.82. The van der Waals surface area contributed by atoms with Crippen LogP contribution in [-0.4, -0.2) is 18.6 Å². The van der Waals surface area contributed by atoms with Gasteiger partial charge in [-0.2, -0.15) is 0 Å². The van der Waals surface area contributed by atoms with Crippen molar-refractivity contribution in [2.75, 3.05) is 13.7 Å². The molecule has 0 aliphatic heterocycles. The van der Waals surface area contributed by atoms with E-state index in [0.29, 0.717) is 28.9 Å². The van der Waals surface area contributed by atoms with Crippen LogP contribution in [0.15, 0.2) is 30.3 Å². The molecule has 0 aliphatic rings. The van der Waals surface area contributed by atoms with Crippen LogP contribution in [0.2, 0.25) is 5.02 Å². The molecule has 0 saturated heterocycles. The molecule has 4 nitrogen and oxygen atoms in total. The lowest BCUT2D eigenvalue weighted by Crippen LogP contribution is -2.13. The maximum atomic E-state index is 6.13. The maximum absolute atomic E-state index is 6.13. The van der Waals surface area contributed by atoms with E-state index in [1.165, 1.54) is 0 Å². The number of benzene rings is 1. The largest absolute Gasteiger partial charge is 0.493 e. The summed E-state index contributed by atoms with van der Waals surface area (Å²) in [5.74, 6) is 1.81. The topological polar surface area (TPSA) is 43.4 Å². The van der Waals surface area contributed by atoms with Crippen molar-refractivity contribution >= 4 is 11.6 Å². The fraction of sp³-hybridized carbons (Fsp3) is 0.312. The highest BCUT2D eigenvalue weighted by Crippen LogP contribution is 2.32. The van der Waals surface area contributed by atoms with Gasteiger partial charge < -0.3 is 14.8 Å². The number of halogens is 1. The second kappa shape index (κ2) is 7.29. The number of pyridine rings is 1. The van der Waals surface area contributed by atoms with Crippen LogP contribution in [0.1, 0.15) is 18.2 Å². The summed E-state index contributed by atoms with van der Waals surface area (Å²) >= 11 is 6.13. The smallest absolute Gasteiger partial charge is 0.219 e. The number of nitrogens with one attached hydrogen (secondary N) is 1. The Bertz CT molecular complexity index is 617. The maximum Gasteiger partial charge on any atom is 0.219 e. The van der Waals surface area contributed by atoms with Crippen LogP contribution in [0.25, 0.3) is 0 Å². The molecule has 1 aromatic heterocycles. The Kier molecular flexibility index (Phi) is 5.42. The molecule has 2 aromatic rings. The summed E-state index contributed by atoms with van der Waals surface area (Å²) in [7, 11) is 1.62. The molecule has 0 saturated carbocycles. The van der Waals surface area contributed by atoms with Gasteiger partial charge in [0.1, 0.15) is 0 Å². The number of methoxy groups -OCH3 is 1. The first-order valence-electron chi connectivity index (χ1n) is 6.82. The van der Waals surface area contributed by atoms with E-state index in [-0.39, 0.29) is 0 Å². The summed E-state index contributed by atoms with van der Waals surface area (Å²) < 4.78 is 11.1. The van der Waals surface area contributed by atoms with Gasteiger partial charge in [-0.15, -0.1) is 0 Å². The molecule has 0 aliphatic carbocycles. The molecular weight excluding hydrogens is 288 g/mol. The number of ether oxygens (including phenoxy) is 2. The van der Waals surface area contributed by atoms with E-state index in [0.717, 1.165) is 17.8 Å². The zero-order valence-corrected chi connectivity index (χ0v) is 13.2. The first kappa shape index (κ1) is 15.6. The van der Waals surface area contributed by atoms with Crippen molar-refractivity contribution in [1.29, 1.82) is 0 Å². The fourth-order valence-electron chi connectivity index (χ4n) is 1.86. The molecule has 112 valence electrons. The van der Waals surface area contributed by atoms with E-state index in [2.05, 4.69) is 10.3 Å². The van der Waals surface area contributed by atoms with Gasteiger partial charge in [-0.25, -0.2) is 4.98 Å². The molecule has 2 rings (SSSR count). The van der Waals surface area contributed by atoms with Gasteiger partial charge in [-0.3, -0.25) is 0 Å². The van der Waals surface area contributed by atoms with Crippen molar-refractivity contribution in [3.05, 3.63) is 46.6 Å². The van der Waals surface area contributed by atoms with Gasteiger partial charge in [0.05, 0.1) is 17.8 Å². The number of hydrogen-bond acceptors (Lipinski definition) is 4. The Morgan fingerprint density at radius 1 is 1.19 bits per heavy atom. The Balaban J connectivity index is 2.23. The SMILES string of the molecule is CCNCc1nc(Oc2ccc(C)cc2OC)ccc1Cl. The number of nitrogens with zero attached hydrogens (tertiary/aromatic N) is 1. The molecule has 1 aromatic carbocycles. The third-order valence-electron chi connectivity index (χ3n) is 2.97. The zero-order chi connectivity index (χ0) is 15.2. The van der Waals surface area contributed by atoms with Crippen LogP contribution in [-0.2, 0) is 6.54 Å². The Labute approximate surface area is 130 Å². The molecule has 0 spiro atoms. The lowest BCUT2D eigenvalue weighted by molar-refractivity contribution is 0.373. The average Bonchev–Trinajstić information content (AvgIpc) is 2.49. The van der Waals surface area contributed by atoms with Crippen molar-refractivity contribution in [1.82, 2.24) is 10.3 Å². The molecule has 0 atom stereocenters. The quantitative estimate of drug-likeness (QED) is 0.877. The summed E-state index contributed by atoms with van der Waals surface area (Å²) in [6.45, 7) is 5.50. The van der Waals surface area contributed by atoms with Crippen LogP contribution in [0.3, 0.4) is 0 Å². The van der Waals surface area contributed by atoms with Crippen molar-refractivity contribution in [2.45, 2.75) is 20.4 Å².